The highest BCUT2D eigenvalue weighted by molar-refractivity contribution is 5.90. The first-order valence-corrected chi connectivity index (χ1v) is 8.12. The summed E-state index contributed by atoms with van der Waals surface area (Å²) >= 11 is 0. The maximum atomic E-state index is 12.5. The molecule has 7 heteroatoms. The molecule has 1 unspecified atom stereocenters. The van der Waals surface area contributed by atoms with Gasteiger partial charge in [0.25, 0.3) is 0 Å². The van der Waals surface area contributed by atoms with Crippen molar-refractivity contribution in [2.45, 2.75) is 38.8 Å². The number of aromatic nitrogens is 1. The molecule has 0 saturated carbocycles. The molecule has 134 valence electrons. The van der Waals surface area contributed by atoms with Crippen LogP contribution in [0.2, 0.25) is 0 Å². The molecule has 2 aromatic rings. The molecule has 0 aliphatic carbocycles. The molecule has 0 bridgehead atoms. The lowest BCUT2D eigenvalue weighted by atomic mass is 9.97. The molecule has 1 aliphatic heterocycles. The Kier molecular flexibility index (Phi) is 4.10. The summed E-state index contributed by atoms with van der Waals surface area (Å²) in [5, 5.41) is 10.7. The van der Waals surface area contributed by atoms with Crippen molar-refractivity contribution in [1.29, 1.82) is 0 Å². The Labute approximate surface area is 145 Å². The highest BCUT2D eigenvalue weighted by Gasteiger charge is 2.40. The fourth-order valence-corrected chi connectivity index (χ4v) is 3.17. The van der Waals surface area contributed by atoms with Crippen molar-refractivity contribution in [3.05, 3.63) is 29.5 Å². The van der Waals surface area contributed by atoms with Crippen LogP contribution in [0.1, 0.15) is 38.1 Å². The number of benzene rings is 1. The second kappa shape index (κ2) is 5.98. The number of carboxylic acid groups (broad SMARTS) is 1. The lowest BCUT2D eigenvalue weighted by Crippen LogP contribution is -2.45. The van der Waals surface area contributed by atoms with Gasteiger partial charge in [-0.25, -0.2) is 9.59 Å². The molecule has 1 atom stereocenters. The molecule has 1 aliphatic rings. The van der Waals surface area contributed by atoms with Gasteiger partial charge in [0.1, 0.15) is 11.4 Å². The van der Waals surface area contributed by atoms with Crippen LogP contribution in [0.4, 0.5) is 4.79 Å². The Morgan fingerprint density at radius 2 is 2.04 bits per heavy atom. The third kappa shape index (κ3) is 3.14. The number of rotatable bonds is 2. The van der Waals surface area contributed by atoms with E-state index in [2.05, 4.69) is 4.98 Å². The molecule has 7 nitrogen and oxygen atoms in total. The van der Waals surface area contributed by atoms with E-state index in [-0.39, 0.29) is 6.54 Å². The molecule has 1 aromatic heterocycles. The molecule has 0 radical (unpaired) electrons. The summed E-state index contributed by atoms with van der Waals surface area (Å²) in [4.78, 5) is 28.8. The van der Waals surface area contributed by atoms with Crippen LogP contribution >= 0.6 is 0 Å². The zero-order chi connectivity index (χ0) is 18.4. The lowest BCUT2D eigenvalue weighted by molar-refractivity contribution is -0.144. The van der Waals surface area contributed by atoms with Crippen LogP contribution in [-0.2, 0) is 16.0 Å². The van der Waals surface area contributed by atoms with E-state index in [1.807, 2.05) is 18.2 Å². The minimum absolute atomic E-state index is 0.281. The third-order valence-electron chi connectivity index (χ3n) is 4.20. The average molecular weight is 346 g/mol. The van der Waals surface area contributed by atoms with Gasteiger partial charge in [0.15, 0.2) is 6.04 Å². The normalized spacial score (nSPS) is 17.3. The van der Waals surface area contributed by atoms with Crippen molar-refractivity contribution >= 4 is 23.0 Å². The summed E-state index contributed by atoms with van der Waals surface area (Å²) < 4.78 is 10.6. The number of H-pyrrole nitrogens is 1. The number of amides is 1. The monoisotopic (exact) mass is 346 g/mol. The van der Waals surface area contributed by atoms with Gasteiger partial charge in [0, 0.05) is 17.4 Å². The molecule has 0 saturated heterocycles. The zero-order valence-electron chi connectivity index (χ0n) is 14.8. The SMILES string of the molecule is COc1ccc2[nH]c3c(c2c1)CCN(C(=O)OC(C)(C)C)C3C(=O)O. The van der Waals surface area contributed by atoms with Gasteiger partial charge in [0.2, 0.25) is 0 Å². The van der Waals surface area contributed by atoms with Crippen LogP contribution in [-0.4, -0.2) is 46.3 Å². The number of carbonyl (C=O) groups excluding carboxylic acids is 1. The number of hydrogen-bond acceptors (Lipinski definition) is 4. The van der Waals surface area contributed by atoms with Crippen molar-refractivity contribution < 1.29 is 24.2 Å². The van der Waals surface area contributed by atoms with E-state index >= 15 is 0 Å². The Bertz CT molecular complexity index is 834. The number of fused-ring (bicyclic) bond motifs is 3. The van der Waals surface area contributed by atoms with Gasteiger partial charge in [-0.1, -0.05) is 0 Å². The average Bonchev–Trinajstić information content (AvgIpc) is 2.89. The van der Waals surface area contributed by atoms with Crippen molar-refractivity contribution in [3.8, 4) is 5.75 Å². The van der Waals surface area contributed by atoms with Gasteiger partial charge < -0.3 is 19.6 Å². The Hall–Kier alpha value is -2.70. The van der Waals surface area contributed by atoms with Gasteiger partial charge in [-0.05, 0) is 51.0 Å². The van der Waals surface area contributed by atoms with E-state index in [9.17, 15) is 14.7 Å². The molecule has 2 N–H and O–H groups in total. The zero-order valence-corrected chi connectivity index (χ0v) is 14.8. The molecular formula is C18H22N2O5. The topological polar surface area (TPSA) is 91.9 Å². The van der Waals surface area contributed by atoms with Gasteiger partial charge in [0.05, 0.1) is 12.8 Å². The fraction of sp³-hybridized carbons (Fsp3) is 0.444. The predicted molar refractivity (Wildman–Crippen MR) is 91.9 cm³/mol. The van der Waals surface area contributed by atoms with Gasteiger partial charge >= 0.3 is 12.1 Å². The Morgan fingerprint density at radius 3 is 2.64 bits per heavy atom. The van der Waals surface area contributed by atoms with E-state index < -0.39 is 23.7 Å². The molecule has 1 amide bonds. The third-order valence-corrected chi connectivity index (χ3v) is 4.20. The summed E-state index contributed by atoms with van der Waals surface area (Å²) in [7, 11) is 1.59. The van der Waals surface area contributed by atoms with Crippen LogP contribution in [0.15, 0.2) is 18.2 Å². The van der Waals surface area contributed by atoms with E-state index in [1.54, 1.807) is 27.9 Å². The fourth-order valence-electron chi connectivity index (χ4n) is 3.17. The first-order valence-electron chi connectivity index (χ1n) is 8.12. The highest BCUT2D eigenvalue weighted by atomic mass is 16.6. The van der Waals surface area contributed by atoms with Gasteiger partial charge in [-0.15, -0.1) is 0 Å². The molecule has 1 aromatic carbocycles. The summed E-state index contributed by atoms with van der Waals surface area (Å²) in [6.45, 7) is 5.55. The van der Waals surface area contributed by atoms with Crippen molar-refractivity contribution in [3.63, 3.8) is 0 Å². The standard InChI is InChI=1S/C18H22N2O5/c1-18(2,3)25-17(23)20-8-7-11-12-9-10(24-4)5-6-13(12)19-14(11)15(20)16(21)22/h5-6,9,15,19H,7-8H2,1-4H3,(H,21,22). The largest absolute Gasteiger partial charge is 0.497 e. The Balaban J connectivity index is 2.04. The van der Waals surface area contributed by atoms with Gasteiger partial charge in [-0.3, -0.25) is 4.90 Å². The second-order valence-corrected chi connectivity index (χ2v) is 7.09. The quantitative estimate of drug-likeness (QED) is 0.872. The maximum absolute atomic E-state index is 12.5. The lowest BCUT2D eigenvalue weighted by Gasteiger charge is -2.34. The van der Waals surface area contributed by atoms with Crippen molar-refractivity contribution in [1.82, 2.24) is 9.88 Å². The van der Waals surface area contributed by atoms with Gasteiger partial charge in [-0.2, -0.15) is 0 Å². The highest BCUT2D eigenvalue weighted by Crippen LogP contribution is 2.36. The first-order chi connectivity index (χ1) is 11.7. The molecular weight excluding hydrogens is 324 g/mol. The van der Waals surface area contributed by atoms with E-state index in [0.29, 0.717) is 17.9 Å². The smallest absolute Gasteiger partial charge is 0.411 e. The molecule has 0 fully saturated rings. The summed E-state index contributed by atoms with van der Waals surface area (Å²) in [6.07, 6.45) is -0.0762. The van der Waals surface area contributed by atoms with Crippen molar-refractivity contribution in [2.75, 3.05) is 13.7 Å². The van der Waals surface area contributed by atoms with Crippen LogP contribution < -0.4 is 4.74 Å². The number of ether oxygens (including phenoxy) is 2. The van der Waals surface area contributed by atoms with Crippen LogP contribution in [0.3, 0.4) is 0 Å². The minimum Gasteiger partial charge on any atom is -0.497 e. The van der Waals surface area contributed by atoms with E-state index in [1.165, 1.54) is 4.90 Å². The van der Waals surface area contributed by atoms with Crippen LogP contribution in [0, 0.1) is 0 Å². The minimum atomic E-state index is -1.10. The maximum Gasteiger partial charge on any atom is 0.411 e. The number of carbonyl (C=O) groups is 2. The molecule has 3 rings (SSSR count). The number of nitrogens with one attached hydrogen (secondary N) is 1. The number of hydrogen-bond donors (Lipinski definition) is 2. The molecule has 2 heterocycles. The van der Waals surface area contributed by atoms with Crippen LogP contribution in [0.5, 0.6) is 5.75 Å². The number of aliphatic carboxylic acids is 1. The van der Waals surface area contributed by atoms with E-state index in [4.69, 9.17) is 9.47 Å². The summed E-state index contributed by atoms with van der Waals surface area (Å²) in [6, 6.07) is 4.44. The van der Waals surface area contributed by atoms with E-state index in [0.717, 1.165) is 16.5 Å². The summed E-state index contributed by atoms with van der Waals surface area (Å²) in [5.74, 6) is -0.388. The predicted octanol–water partition coefficient (Wildman–Crippen LogP) is 3.10. The number of methoxy groups -OCH3 is 1. The Morgan fingerprint density at radius 1 is 1.32 bits per heavy atom. The van der Waals surface area contributed by atoms with Crippen molar-refractivity contribution in [2.24, 2.45) is 0 Å². The second-order valence-electron chi connectivity index (χ2n) is 7.09. The first kappa shape index (κ1) is 17.1. The van der Waals surface area contributed by atoms with Crippen LogP contribution in [0.25, 0.3) is 10.9 Å². The number of carboxylic acids is 1. The number of nitrogens with zero attached hydrogens (tertiary/aromatic N) is 1. The number of aromatic amines is 1. The summed E-state index contributed by atoms with van der Waals surface area (Å²) in [5.41, 5.74) is 1.56. The molecule has 0 spiro atoms. The molecule has 25 heavy (non-hydrogen) atoms.